The van der Waals surface area contributed by atoms with Gasteiger partial charge in [0.1, 0.15) is 19.6 Å². The van der Waals surface area contributed by atoms with Crippen molar-refractivity contribution in [1.82, 2.24) is 44.1 Å². The Hall–Kier alpha value is -7.98. The molecule has 3 aliphatic heterocycles. The third-order valence-electron chi connectivity index (χ3n) is 14.7. The average molecular weight is 1220 g/mol. The van der Waals surface area contributed by atoms with Crippen LogP contribution in [0.4, 0.5) is 0 Å². The molecule has 0 aromatic heterocycles. The zero-order valence-corrected chi connectivity index (χ0v) is 52.8. The third-order valence-corrected chi connectivity index (χ3v) is 14.7. The topological polar surface area (TPSA) is 282 Å². The molecular formula is C64H92N12O12. The van der Waals surface area contributed by atoms with Gasteiger partial charge >= 0.3 is 0 Å². The molecule has 0 atom stereocenters. The molecule has 24 nitrogen and oxygen atoms in total. The monoisotopic (exact) mass is 1220 g/mol. The highest BCUT2D eigenvalue weighted by atomic mass is 16.5. The van der Waals surface area contributed by atoms with Crippen molar-refractivity contribution in [3.05, 3.63) is 71.8 Å². The maximum absolute atomic E-state index is 13.0. The van der Waals surface area contributed by atoms with Gasteiger partial charge < -0.3 is 43.6 Å². The molecule has 480 valence electrons. The van der Waals surface area contributed by atoms with Gasteiger partial charge in [0, 0.05) is 65.3 Å². The lowest BCUT2D eigenvalue weighted by atomic mass is 9.87. The minimum absolute atomic E-state index is 0.0346. The van der Waals surface area contributed by atoms with Gasteiger partial charge in [-0.25, -0.2) is 14.7 Å². The van der Waals surface area contributed by atoms with Crippen molar-refractivity contribution in [2.24, 2.45) is 23.2 Å². The molecule has 1 aliphatic carbocycles. The Kier molecular flexibility index (Phi) is 31.6. The summed E-state index contributed by atoms with van der Waals surface area (Å²) in [6.45, 7) is 19.6. The lowest BCUT2D eigenvalue weighted by Crippen LogP contribution is -2.51. The summed E-state index contributed by atoms with van der Waals surface area (Å²) in [4.78, 5) is 126. The van der Waals surface area contributed by atoms with Crippen molar-refractivity contribution in [3.63, 3.8) is 0 Å². The number of morpholine rings is 3. The molecule has 88 heavy (non-hydrogen) atoms. The van der Waals surface area contributed by atoms with E-state index < -0.39 is 23.6 Å². The van der Waals surface area contributed by atoms with Crippen LogP contribution in [-0.4, -0.2) is 235 Å². The summed E-state index contributed by atoms with van der Waals surface area (Å²) in [6, 6.07) is 18.1. The van der Waals surface area contributed by atoms with Crippen LogP contribution in [0.2, 0.25) is 0 Å². The number of benzene rings is 2. The fourth-order valence-corrected chi connectivity index (χ4v) is 10.1. The number of carbonyl (C=O) groups excluding carboxylic acids is 9. The van der Waals surface area contributed by atoms with Crippen molar-refractivity contribution in [3.8, 4) is 18.6 Å². The Morgan fingerprint density at radius 2 is 0.784 bits per heavy atom. The summed E-state index contributed by atoms with van der Waals surface area (Å²) in [7, 11) is 0. The highest BCUT2D eigenvalue weighted by molar-refractivity contribution is 5.91. The average Bonchev–Trinajstić information content (AvgIpc) is 2.88. The van der Waals surface area contributed by atoms with E-state index in [0.717, 1.165) is 51.5 Å². The van der Waals surface area contributed by atoms with Gasteiger partial charge in [0.05, 0.1) is 72.1 Å². The summed E-state index contributed by atoms with van der Waals surface area (Å²) in [5, 5.41) is 28.2. The Morgan fingerprint density at radius 1 is 0.466 bits per heavy atom. The van der Waals surface area contributed by atoms with Crippen molar-refractivity contribution in [1.29, 1.82) is 15.8 Å². The van der Waals surface area contributed by atoms with Gasteiger partial charge in [-0.2, -0.15) is 15.8 Å². The van der Waals surface area contributed by atoms with Gasteiger partial charge in [-0.1, -0.05) is 128 Å². The predicted molar refractivity (Wildman–Crippen MR) is 325 cm³/mol. The Morgan fingerprint density at radius 3 is 1.10 bits per heavy atom. The molecule has 0 unspecified atom stereocenters. The number of amides is 9. The van der Waals surface area contributed by atoms with Gasteiger partial charge in [0.15, 0.2) is 18.6 Å². The van der Waals surface area contributed by atoms with Gasteiger partial charge in [0.25, 0.3) is 0 Å². The first kappa shape index (κ1) is 72.5. The van der Waals surface area contributed by atoms with Crippen LogP contribution < -0.4 is 0 Å². The zero-order chi connectivity index (χ0) is 64.6. The number of nitriles is 3. The van der Waals surface area contributed by atoms with E-state index in [-0.39, 0.29) is 98.9 Å². The first-order valence-corrected chi connectivity index (χ1v) is 30.6. The summed E-state index contributed by atoms with van der Waals surface area (Å²) >= 11 is 0. The molecule has 0 radical (unpaired) electrons. The van der Waals surface area contributed by atoms with Crippen LogP contribution in [0.25, 0.3) is 0 Å². The molecule has 6 rings (SSSR count). The molecule has 4 aliphatic rings. The van der Waals surface area contributed by atoms with E-state index in [1.807, 2.05) is 97.3 Å². The number of ether oxygens (including phenoxy) is 3. The quantitative estimate of drug-likeness (QED) is 0.113. The van der Waals surface area contributed by atoms with Crippen LogP contribution in [0.1, 0.15) is 98.1 Å². The molecular weight excluding hydrogens is 1130 g/mol. The largest absolute Gasteiger partial charge is 0.378 e. The first-order valence-electron chi connectivity index (χ1n) is 30.6. The van der Waals surface area contributed by atoms with Gasteiger partial charge in [-0.05, 0) is 47.1 Å². The van der Waals surface area contributed by atoms with Crippen LogP contribution in [0, 0.1) is 57.5 Å². The maximum atomic E-state index is 13.0. The number of hydrogen-bond donors (Lipinski definition) is 0. The van der Waals surface area contributed by atoms with Crippen LogP contribution in [0.3, 0.4) is 0 Å². The summed E-state index contributed by atoms with van der Waals surface area (Å²) in [5.41, 5.74) is 1.29. The number of hydrogen-bond acceptors (Lipinski definition) is 15. The van der Waals surface area contributed by atoms with Gasteiger partial charge in [-0.3, -0.25) is 43.2 Å². The molecule has 0 bridgehead atoms. The first-order chi connectivity index (χ1) is 42.0. The molecule has 3 saturated heterocycles. The number of carbonyl (C=O) groups is 9. The van der Waals surface area contributed by atoms with Crippen LogP contribution >= 0.6 is 0 Å². The van der Waals surface area contributed by atoms with E-state index in [1.165, 1.54) is 21.1 Å². The molecule has 1 saturated carbocycles. The van der Waals surface area contributed by atoms with Crippen molar-refractivity contribution >= 4 is 53.2 Å². The predicted octanol–water partition coefficient (Wildman–Crippen LogP) is 3.76. The zero-order valence-electron chi connectivity index (χ0n) is 52.8. The highest BCUT2D eigenvalue weighted by Gasteiger charge is 2.31. The molecule has 9 amide bonds. The van der Waals surface area contributed by atoms with Crippen LogP contribution in [0.5, 0.6) is 0 Å². The van der Waals surface area contributed by atoms with Crippen molar-refractivity contribution < 1.29 is 57.4 Å². The van der Waals surface area contributed by atoms with Crippen LogP contribution in [0.15, 0.2) is 60.7 Å². The second kappa shape index (κ2) is 38.3. The maximum Gasteiger partial charge on any atom is 0.243 e. The van der Waals surface area contributed by atoms with Gasteiger partial charge in [0.2, 0.25) is 53.2 Å². The fourth-order valence-electron chi connectivity index (χ4n) is 10.1. The molecule has 24 heteroatoms. The van der Waals surface area contributed by atoms with Crippen LogP contribution in [-0.2, 0) is 70.2 Å². The standard InChI is InChI=1S/C22H30N4O4.C21H34N4O4.C21H28N4O4/c1-22(2,3)16-25(14-20(28)24-9-11-30-12-10-24)21(29)15-26(17-23)19(27)13-18-7-5-4-6-8-18;2*1-17(2)13-24(14-20(27)23-8-10-29-11-9-23)21(28)15-25(16-22)19(26)12-18-6-4-3-5-7-18/h4-8H,9-16H2,1-3H3;17-18H,3-15H2,1-2H3;3-7,17H,8-15H2,1-2H3. The summed E-state index contributed by atoms with van der Waals surface area (Å²) < 4.78 is 15.8. The third kappa shape index (κ3) is 27.0. The molecule has 3 heterocycles. The lowest BCUT2D eigenvalue weighted by molar-refractivity contribution is -0.145. The lowest BCUT2D eigenvalue weighted by Gasteiger charge is -2.33. The Labute approximate surface area is 519 Å². The summed E-state index contributed by atoms with van der Waals surface area (Å²) in [6.07, 6.45) is 11.3. The van der Waals surface area contributed by atoms with E-state index in [4.69, 9.17) is 14.2 Å². The normalized spacial score (nSPS) is 15.1. The highest BCUT2D eigenvalue weighted by Crippen LogP contribution is 2.27. The van der Waals surface area contributed by atoms with E-state index >= 15 is 0 Å². The molecule has 4 fully saturated rings. The second-order valence-corrected chi connectivity index (χ2v) is 24.4. The molecule has 2 aromatic rings. The minimum Gasteiger partial charge on any atom is -0.378 e. The molecule has 0 N–H and O–H groups in total. The van der Waals surface area contributed by atoms with Crippen molar-refractivity contribution in [2.75, 3.05) is 138 Å². The van der Waals surface area contributed by atoms with E-state index in [0.29, 0.717) is 111 Å². The Bertz CT molecular complexity index is 2700. The van der Waals surface area contributed by atoms with Crippen molar-refractivity contribution in [2.45, 2.75) is 99.8 Å². The smallest absolute Gasteiger partial charge is 0.243 e. The van der Waals surface area contributed by atoms with Gasteiger partial charge in [-0.15, -0.1) is 0 Å². The summed E-state index contributed by atoms with van der Waals surface area (Å²) in [5.74, 6) is -2.21. The van der Waals surface area contributed by atoms with E-state index in [9.17, 15) is 58.9 Å². The minimum atomic E-state index is -0.452. The Balaban J connectivity index is 0.000000282. The van der Waals surface area contributed by atoms with E-state index in [2.05, 4.69) is 0 Å². The van der Waals surface area contributed by atoms with E-state index in [1.54, 1.807) is 45.2 Å². The number of nitrogens with zero attached hydrogens (tertiary/aromatic N) is 12. The SMILES string of the molecule is CC(C)(C)CN(CC(=O)N1CCOCC1)C(=O)CN(C#N)C(=O)Cc1ccccc1.CC(C)CN(CC(=O)N1CCOCC1)C(=O)CN(C#N)C(=O)CC1CCCCC1.CC(C)CN(CC(=O)N1CCOCC1)C(=O)CN(C#N)C(=O)Cc1ccccc1. The fraction of sp³-hybridized carbons (Fsp3) is 0.625. The molecule has 2 aromatic carbocycles. The number of rotatable bonds is 23. The molecule has 0 spiro atoms. The second-order valence-electron chi connectivity index (χ2n) is 24.4.